The van der Waals surface area contributed by atoms with Crippen molar-refractivity contribution in [3.05, 3.63) is 0 Å². The average Bonchev–Trinajstić information content (AvgIpc) is 2.64. The van der Waals surface area contributed by atoms with Crippen LogP contribution in [0.15, 0.2) is 0 Å². The molecule has 0 aromatic carbocycles. The highest BCUT2D eigenvalue weighted by atomic mass is 32.3. The highest BCUT2D eigenvalue weighted by Crippen LogP contribution is 2.22. The molecule has 6 nitrogen and oxygen atoms in total. The average molecular weight is 269 g/mol. The van der Waals surface area contributed by atoms with E-state index in [0.717, 1.165) is 0 Å². The Hall–Kier alpha value is -0.390. The van der Waals surface area contributed by atoms with Crippen molar-refractivity contribution in [1.29, 1.82) is 0 Å². The van der Waals surface area contributed by atoms with Crippen LogP contribution < -0.4 is 4.13 Å². The maximum absolute atomic E-state index is 11.8. The second kappa shape index (κ2) is 3.57. The van der Waals surface area contributed by atoms with Crippen molar-refractivity contribution in [1.82, 2.24) is 4.13 Å². The minimum absolute atomic E-state index is 0.0903. The van der Waals surface area contributed by atoms with Crippen molar-refractivity contribution in [2.75, 3.05) is 12.4 Å². The van der Waals surface area contributed by atoms with E-state index in [0.29, 0.717) is 4.13 Å². The maximum atomic E-state index is 11.8. The molecule has 15 heavy (non-hydrogen) atoms. The summed E-state index contributed by atoms with van der Waals surface area (Å²) in [5, 5.41) is 0. The smallest absolute Gasteiger partial charge is 0.372 e. The Kier molecular flexibility index (Phi) is 3.02. The molecular formula is C4H6F3NO5S2. The van der Waals surface area contributed by atoms with Crippen LogP contribution in [0, 0.1) is 0 Å². The number of hydrogen-bond donors (Lipinski definition) is 1. The van der Waals surface area contributed by atoms with Gasteiger partial charge >= 0.3 is 15.5 Å². The molecule has 1 atom stereocenters. The van der Waals surface area contributed by atoms with Crippen LogP contribution in [0.1, 0.15) is 0 Å². The van der Waals surface area contributed by atoms with Crippen LogP contribution in [0.2, 0.25) is 0 Å². The van der Waals surface area contributed by atoms with Gasteiger partial charge in [0.05, 0.1) is 18.5 Å². The molecule has 1 saturated heterocycles. The van der Waals surface area contributed by atoms with Gasteiger partial charge in [-0.3, -0.25) is 0 Å². The molecule has 0 radical (unpaired) electrons. The summed E-state index contributed by atoms with van der Waals surface area (Å²) in [5.41, 5.74) is -5.65. The van der Waals surface area contributed by atoms with Crippen molar-refractivity contribution in [3.8, 4) is 0 Å². The van der Waals surface area contributed by atoms with E-state index in [2.05, 4.69) is 4.74 Å². The maximum Gasteiger partial charge on any atom is 0.512 e. The molecule has 0 spiro atoms. The number of epoxide rings is 1. The highest BCUT2D eigenvalue weighted by molar-refractivity contribution is 8.05. The van der Waals surface area contributed by atoms with Crippen LogP contribution in [0.3, 0.4) is 0 Å². The van der Waals surface area contributed by atoms with Crippen LogP contribution in [0.5, 0.6) is 0 Å². The molecule has 1 heterocycles. The Labute approximate surface area is 83.5 Å². The Morgan fingerprint density at radius 1 is 1.27 bits per heavy atom. The summed E-state index contributed by atoms with van der Waals surface area (Å²) in [6.07, 6.45) is -0.731. The van der Waals surface area contributed by atoms with Gasteiger partial charge in [0.25, 0.3) is 0 Å². The number of nitrogens with one attached hydrogen (secondary N) is 1. The first-order valence-electron chi connectivity index (χ1n) is 3.48. The molecule has 1 unspecified atom stereocenters. The van der Waals surface area contributed by atoms with Gasteiger partial charge in [0.15, 0.2) is 0 Å². The fraction of sp³-hybridized carbons (Fsp3) is 1.00. The lowest BCUT2D eigenvalue weighted by Crippen LogP contribution is -2.41. The van der Waals surface area contributed by atoms with Crippen LogP contribution >= 0.6 is 0 Å². The lowest BCUT2D eigenvalue weighted by molar-refractivity contribution is -0.0441. The predicted octanol–water partition coefficient (Wildman–Crippen LogP) is -0.846. The van der Waals surface area contributed by atoms with Crippen molar-refractivity contribution in [2.24, 2.45) is 0 Å². The molecule has 1 fully saturated rings. The summed E-state index contributed by atoms with van der Waals surface area (Å²) in [6.45, 7) is 0.0903. The number of halogens is 3. The van der Waals surface area contributed by atoms with Crippen LogP contribution in [0.25, 0.3) is 0 Å². The normalized spacial score (nSPS) is 22.7. The molecule has 0 aromatic rings. The molecular weight excluding hydrogens is 263 g/mol. The first kappa shape index (κ1) is 12.7. The largest absolute Gasteiger partial charge is 0.512 e. The number of ether oxygens (including phenoxy) is 1. The van der Waals surface area contributed by atoms with Crippen LogP contribution in [-0.4, -0.2) is 40.8 Å². The van der Waals surface area contributed by atoms with Gasteiger partial charge in [0, 0.05) is 0 Å². The van der Waals surface area contributed by atoms with E-state index in [1.54, 1.807) is 0 Å². The summed E-state index contributed by atoms with van der Waals surface area (Å²) in [5.74, 6) is -0.803. The molecule has 0 amide bonds. The van der Waals surface area contributed by atoms with E-state index in [1.807, 2.05) is 0 Å². The van der Waals surface area contributed by atoms with Gasteiger partial charge in [-0.15, -0.1) is 4.13 Å². The number of hydrogen-bond acceptors (Lipinski definition) is 5. The second-order valence-electron chi connectivity index (χ2n) is 2.77. The zero-order valence-corrected chi connectivity index (χ0v) is 8.62. The minimum Gasteiger partial charge on any atom is -0.372 e. The Morgan fingerprint density at radius 3 is 2.07 bits per heavy atom. The van der Waals surface area contributed by atoms with Crippen LogP contribution in [-0.2, 0) is 24.8 Å². The Balaban J connectivity index is 2.76. The van der Waals surface area contributed by atoms with Gasteiger partial charge < -0.3 is 4.74 Å². The molecule has 90 valence electrons. The van der Waals surface area contributed by atoms with Gasteiger partial charge in [0.2, 0.25) is 10.0 Å². The Bertz CT molecular complexity index is 433. The van der Waals surface area contributed by atoms with E-state index < -0.39 is 37.4 Å². The topological polar surface area (TPSA) is 92.8 Å². The molecule has 1 rings (SSSR count). The monoisotopic (exact) mass is 269 g/mol. The summed E-state index contributed by atoms with van der Waals surface area (Å²) in [7, 11) is -10.4. The highest BCUT2D eigenvalue weighted by Gasteiger charge is 2.48. The van der Waals surface area contributed by atoms with Crippen molar-refractivity contribution >= 4 is 20.0 Å². The lowest BCUT2D eigenvalue weighted by Gasteiger charge is -2.08. The van der Waals surface area contributed by atoms with E-state index in [-0.39, 0.29) is 6.61 Å². The molecule has 0 aromatic heterocycles. The number of sulfonamides is 2. The van der Waals surface area contributed by atoms with Gasteiger partial charge in [-0.05, 0) is 0 Å². The molecule has 11 heteroatoms. The van der Waals surface area contributed by atoms with Gasteiger partial charge in [0.1, 0.15) is 0 Å². The fourth-order valence-corrected chi connectivity index (χ4v) is 3.33. The SMILES string of the molecule is O=S(=O)(CC1CO1)NS(=O)(=O)C(F)(F)F. The molecule has 1 aliphatic heterocycles. The zero-order valence-electron chi connectivity index (χ0n) is 6.98. The third-order valence-electron chi connectivity index (χ3n) is 1.35. The molecule has 0 saturated carbocycles. The number of rotatable bonds is 4. The van der Waals surface area contributed by atoms with Gasteiger partial charge in [-0.1, -0.05) is 0 Å². The zero-order chi connectivity index (χ0) is 11.9. The van der Waals surface area contributed by atoms with Crippen molar-refractivity contribution in [2.45, 2.75) is 11.6 Å². The van der Waals surface area contributed by atoms with E-state index in [1.165, 1.54) is 0 Å². The quantitative estimate of drug-likeness (QED) is 0.671. The van der Waals surface area contributed by atoms with E-state index in [4.69, 9.17) is 0 Å². The third-order valence-corrected chi connectivity index (χ3v) is 4.66. The predicted molar refractivity (Wildman–Crippen MR) is 41.6 cm³/mol. The van der Waals surface area contributed by atoms with Crippen molar-refractivity contribution < 1.29 is 34.7 Å². The van der Waals surface area contributed by atoms with Crippen LogP contribution in [0.4, 0.5) is 13.2 Å². The van der Waals surface area contributed by atoms with Crippen molar-refractivity contribution in [3.63, 3.8) is 0 Å². The second-order valence-corrected chi connectivity index (χ2v) is 6.47. The third kappa shape index (κ3) is 3.59. The van der Waals surface area contributed by atoms with Gasteiger partial charge in [-0.25, -0.2) is 16.8 Å². The minimum atomic E-state index is -5.87. The summed E-state index contributed by atoms with van der Waals surface area (Å²) in [4.78, 5) is 0. The Morgan fingerprint density at radius 2 is 1.73 bits per heavy atom. The first-order valence-corrected chi connectivity index (χ1v) is 6.61. The molecule has 0 bridgehead atoms. The summed E-state index contributed by atoms with van der Waals surface area (Å²) in [6, 6.07) is 0. The molecule has 0 aliphatic carbocycles. The van der Waals surface area contributed by atoms with Gasteiger partial charge in [-0.2, -0.15) is 13.2 Å². The summed E-state index contributed by atoms with van der Waals surface area (Å²) >= 11 is 0. The van der Waals surface area contributed by atoms with E-state index in [9.17, 15) is 30.0 Å². The summed E-state index contributed by atoms with van der Waals surface area (Å²) < 4.78 is 82.9. The standard InChI is InChI=1S/C4H6F3NO5S2/c5-4(6,7)15(11,12)8-14(9,10)2-3-1-13-3/h3,8H,1-2H2. The fourth-order valence-electron chi connectivity index (χ4n) is 0.657. The molecule has 1 aliphatic rings. The lowest BCUT2D eigenvalue weighted by atomic mass is 10.6. The van der Waals surface area contributed by atoms with E-state index >= 15 is 0 Å². The number of alkyl halides is 3. The first-order chi connectivity index (χ1) is 6.54. The molecule has 1 N–H and O–H groups in total.